The summed E-state index contributed by atoms with van der Waals surface area (Å²) in [6, 6.07) is 0. The fourth-order valence-electron chi connectivity index (χ4n) is 2.71. The van der Waals surface area contributed by atoms with Gasteiger partial charge in [0.15, 0.2) is 5.78 Å². The molecule has 1 saturated carbocycles. The molecule has 0 amide bonds. The summed E-state index contributed by atoms with van der Waals surface area (Å²) < 4.78 is 41.7. The molecule has 0 aromatic heterocycles. The maximum Gasteiger partial charge on any atom is 0.389 e. The van der Waals surface area contributed by atoms with Crippen LogP contribution in [0, 0.1) is 5.92 Å². The minimum absolute atomic E-state index is 0.0271. The summed E-state index contributed by atoms with van der Waals surface area (Å²) in [4.78, 5) is 12.0. The molecule has 0 spiro atoms. The van der Waals surface area contributed by atoms with E-state index in [1.165, 1.54) is 6.42 Å². The highest BCUT2D eigenvalue weighted by Gasteiger charge is 2.31. The van der Waals surface area contributed by atoms with Crippen LogP contribution in [0.15, 0.2) is 0 Å². The van der Waals surface area contributed by atoms with E-state index >= 15 is 0 Å². The molecule has 1 fully saturated rings. The normalized spacial score (nSPS) is 19.4. The van der Waals surface area contributed by atoms with Crippen molar-refractivity contribution in [3.63, 3.8) is 0 Å². The van der Waals surface area contributed by atoms with Crippen LogP contribution in [0.2, 0.25) is 0 Å². The topological polar surface area (TPSA) is 26.3 Å². The molecule has 1 rings (SSSR count). The Labute approximate surface area is 112 Å². The average molecular weight is 280 g/mol. The molecule has 1 aliphatic rings. The Hall–Kier alpha value is -0.580. The molecular formula is C14H23F3O2. The average Bonchev–Trinajstić information content (AvgIpc) is 2.35. The van der Waals surface area contributed by atoms with Crippen LogP contribution in [0.4, 0.5) is 13.2 Å². The first kappa shape index (κ1) is 16.5. The van der Waals surface area contributed by atoms with Gasteiger partial charge in [0.25, 0.3) is 0 Å². The van der Waals surface area contributed by atoms with Gasteiger partial charge in [0.2, 0.25) is 0 Å². The Morgan fingerprint density at radius 1 is 1.26 bits per heavy atom. The minimum Gasteiger partial charge on any atom is -0.370 e. The van der Waals surface area contributed by atoms with Crippen molar-refractivity contribution in [3.8, 4) is 0 Å². The smallest absolute Gasteiger partial charge is 0.370 e. The molecule has 5 heteroatoms. The van der Waals surface area contributed by atoms with Gasteiger partial charge in [0.1, 0.15) is 6.10 Å². The number of ketones is 1. The van der Waals surface area contributed by atoms with Crippen LogP contribution >= 0.6 is 0 Å². The van der Waals surface area contributed by atoms with E-state index < -0.39 is 18.7 Å². The fraction of sp³-hybridized carbons (Fsp3) is 0.929. The van der Waals surface area contributed by atoms with Gasteiger partial charge in [-0.2, -0.15) is 13.2 Å². The van der Waals surface area contributed by atoms with E-state index in [4.69, 9.17) is 4.74 Å². The van der Waals surface area contributed by atoms with Crippen LogP contribution in [0.3, 0.4) is 0 Å². The van der Waals surface area contributed by atoms with Crippen LogP contribution in [0.5, 0.6) is 0 Å². The van der Waals surface area contributed by atoms with Gasteiger partial charge in [-0.1, -0.05) is 19.3 Å². The first-order valence-corrected chi connectivity index (χ1v) is 7.15. The Morgan fingerprint density at radius 2 is 1.89 bits per heavy atom. The number of hydrogen-bond donors (Lipinski definition) is 0. The summed E-state index contributed by atoms with van der Waals surface area (Å²) >= 11 is 0. The Bertz CT molecular complexity index is 270. The van der Waals surface area contributed by atoms with Crippen molar-refractivity contribution in [2.24, 2.45) is 5.92 Å². The Kier molecular flexibility index (Phi) is 6.83. The second-order valence-electron chi connectivity index (χ2n) is 5.21. The highest BCUT2D eigenvalue weighted by atomic mass is 19.4. The van der Waals surface area contributed by atoms with Crippen LogP contribution in [0.25, 0.3) is 0 Å². The number of carbonyl (C=O) groups excluding carboxylic acids is 1. The van der Waals surface area contributed by atoms with Crippen molar-refractivity contribution in [2.45, 2.75) is 70.6 Å². The number of rotatable bonds is 7. The summed E-state index contributed by atoms with van der Waals surface area (Å²) in [5, 5.41) is 0. The molecule has 0 N–H and O–H groups in total. The van der Waals surface area contributed by atoms with Gasteiger partial charge in [-0.05, 0) is 32.1 Å². The molecule has 1 aliphatic carbocycles. The van der Waals surface area contributed by atoms with Gasteiger partial charge in [0, 0.05) is 19.4 Å². The van der Waals surface area contributed by atoms with E-state index in [-0.39, 0.29) is 24.5 Å². The molecule has 0 saturated heterocycles. The predicted octanol–water partition coefficient (Wildman–Crippen LogP) is 4.27. The van der Waals surface area contributed by atoms with Crippen molar-refractivity contribution in [1.82, 2.24) is 0 Å². The molecule has 0 radical (unpaired) electrons. The van der Waals surface area contributed by atoms with Crippen molar-refractivity contribution in [3.05, 3.63) is 0 Å². The molecule has 2 nitrogen and oxygen atoms in total. The third-order valence-corrected chi connectivity index (χ3v) is 3.62. The zero-order valence-corrected chi connectivity index (χ0v) is 11.5. The van der Waals surface area contributed by atoms with Gasteiger partial charge in [0.05, 0.1) is 0 Å². The lowest BCUT2D eigenvalue weighted by atomic mass is 9.83. The molecule has 0 aliphatic heterocycles. The summed E-state index contributed by atoms with van der Waals surface area (Å²) in [6.07, 6.45) is -0.441. The number of alkyl halides is 3. The first-order valence-electron chi connectivity index (χ1n) is 7.15. The third-order valence-electron chi connectivity index (χ3n) is 3.62. The fourth-order valence-corrected chi connectivity index (χ4v) is 2.71. The number of halogens is 3. The quantitative estimate of drug-likeness (QED) is 0.696. The van der Waals surface area contributed by atoms with E-state index in [0.29, 0.717) is 6.61 Å². The number of Topliss-reactive ketones (excluding diaryl/α,β-unsaturated/α-hetero) is 1. The van der Waals surface area contributed by atoms with E-state index in [1.54, 1.807) is 0 Å². The monoisotopic (exact) mass is 280 g/mol. The maximum absolute atomic E-state index is 12.1. The lowest BCUT2D eigenvalue weighted by molar-refractivity contribution is -0.141. The van der Waals surface area contributed by atoms with Gasteiger partial charge in [-0.15, -0.1) is 0 Å². The second-order valence-corrected chi connectivity index (χ2v) is 5.21. The SMILES string of the molecule is CCOC(C(=O)CCCC(F)(F)F)C1CCCCC1. The molecule has 1 atom stereocenters. The molecule has 0 bridgehead atoms. The van der Waals surface area contributed by atoms with Crippen molar-refractivity contribution in [2.75, 3.05) is 6.61 Å². The van der Waals surface area contributed by atoms with Crippen molar-refractivity contribution in [1.29, 1.82) is 0 Å². The standard InChI is InChI=1S/C14H23F3O2/c1-2-19-13(11-7-4-3-5-8-11)12(18)9-6-10-14(15,16)17/h11,13H,2-10H2,1H3. The second kappa shape index (κ2) is 7.88. The largest absolute Gasteiger partial charge is 0.389 e. The maximum atomic E-state index is 12.1. The van der Waals surface area contributed by atoms with Gasteiger partial charge in [-0.3, -0.25) is 4.79 Å². The van der Waals surface area contributed by atoms with Gasteiger partial charge in [-0.25, -0.2) is 0 Å². The number of ether oxygens (including phenoxy) is 1. The molecule has 0 aromatic rings. The van der Waals surface area contributed by atoms with Crippen LogP contribution in [0.1, 0.15) is 58.3 Å². The molecule has 19 heavy (non-hydrogen) atoms. The molecule has 112 valence electrons. The summed E-state index contributed by atoms with van der Waals surface area (Å²) in [6.45, 7) is 2.25. The number of hydrogen-bond acceptors (Lipinski definition) is 2. The van der Waals surface area contributed by atoms with Crippen LogP contribution in [-0.2, 0) is 9.53 Å². The van der Waals surface area contributed by atoms with E-state index in [9.17, 15) is 18.0 Å². The highest BCUT2D eigenvalue weighted by Crippen LogP contribution is 2.30. The van der Waals surface area contributed by atoms with E-state index in [0.717, 1.165) is 25.7 Å². The van der Waals surface area contributed by atoms with E-state index in [1.807, 2.05) is 6.92 Å². The van der Waals surface area contributed by atoms with Crippen molar-refractivity contribution < 1.29 is 22.7 Å². The number of carbonyl (C=O) groups is 1. The van der Waals surface area contributed by atoms with Crippen molar-refractivity contribution >= 4 is 5.78 Å². The minimum atomic E-state index is -4.17. The molecule has 0 aromatic carbocycles. The summed E-state index contributed by atoms with van der Waals surface area (Å²) in [5.41, 5.74) is 0. The molecule has 0 heterocycles. The lowest BCUT2D eigenvalue weighted by Crippen LogP contribution is -2.34. The summed E-state index contributed by atoms with van der Waals surface area (Å²) in [7, 11) is 0. The molecule has 1 unspecified atom stereocenters. The Balaban J connectivity index is 2.43. The highest BCUT2D eigenvalue weighted by molar-refractivity contribution is 5.83. The Morgan fingerprint density at radius 3 is 2.42 bits per heavy atom. The zero-order valence-electron chi connectivity index (χ0n) is 11.5. The first-order chi connectivity index (χ1) is 8.94. The zero-order chi connectivity index (χ0) is 14.3. The summed E-state index contributed by atoms with van der Waals surface area (Å²) in [5.74, 6) is 0.0464. The van der Waals surface area contributed by atoms with Crippen LogP contribution < -0.4 is 0 Å². The van der Waals surface area contributed by atoms with Gasteiger partial charge >= 0.3 is 6.18 Å². The molecular weight excluding hydrogens is 257 g/mol. The third kappa shape index (κ3) is 6.41. The predicted molar refractivity (Wildman–Crippen MR) is 66.9 cm³/mol. The lowest BCUT2D eigenvalue weighted by Gasteiger charge is -2.29. The van der Waals surface area contributed by atoms with E-state index in [2.05, 4.69) is 0 Å². The van der Waals surface area contributed by atoms with Gasteiger partial charge < -0.3 is 4.74 Å². The van der Waals surface area contributed by atoms with Crippen LogP contribution in [-0.4, -0.2) is 24.7 Å².